The Balaban J connectivity index is 2.00. The fraction of sp³-hybridized carbons (Fsp3) is 0.316. The second kappa shape index (κ2) is 8.41. The Bertz CT molecular complexity index is 731. The predicted molar refractivity (Wildman–Crippen MR) is 99.9 cm³/mol. The lowest BCUT2D eigenvalue weighted by Gasteiger charge is -2.19. The summed E-state index contributed by atoms with van der Waals surface area (Å²) in [4.78, 5) is 12.3. The van der Waals surface area contributed by atoms with Gasteiger partial charge in [-0.2, -0.15) is 0 Å². The fourth-order valence-corrected chi connectivity index (χ4v) is 2.88. The number of hydrogen-bond donors (Lipinski definition) is 1. The molecule has 0 aliphatic rings. The largest absolute Gasteiger partial charge is 0.459 e. The standard InChI is InChI=1S/C19H21Cl2NO2/c1-4-14-7-5-6-12(2)18(14)22-13(3)19(23)24-11-15-8-9-16(20)10-17(15)21/h5-10,13,22H,4,11H2,1-3H3/t13-/m0/s1. The van der Waals surface area contributed by atoms with Crippen molar-refractivity contribution >= 4 is 34.9 Å². The number of carbonyl (C=O) groups excluding carboxylic acids is 1. The lowest BCUT2D eigenvalue weighted by molar-refractivity contribution is -0.145. The van der Waals surface area contributed by atoms with Crippen LogP contribution in [-0.4, -0.2) is 12.0 Å². The summed E-state index contributed by atoms with van der Waals surface area (Å²) in [6.07, 6.45) is 0.895. The number of aryl methyl sites for hydroxylation is 2. The summed E-state index contributed by atoms with van der Waals surface area (Å²) < 4.78 is 5.37. The van der Waals surface area contributed by atoms with Crippen LogP contribution in [0.3, 0.4) is 0 Å². The molecule has 0 aliphatic heterocycles. The highest BCUT2D eigenvalue weighted by molar-refractivity contribution is 6.35. The van der Waals surface area contributed by atoms with E-state index >= 15 is 0 Å². The Morgan fingerprint density at radius 2 is 1.96 bits per heavy atom. The zero-order chi connectivity index (χ0) is 17.7. The van der Waals surface area contributed by atoms with Crippen LogP contribution >= 0.6 is 23.2 Å². The molecule has 2 aromatic carbocycles. The van der Waals surface area contributed by atoms with E-state index in [0.717, 1.165) is 23.2 Å². The summed E-state index contributed by atoms with van der Waals surface area (Å²) in [5.74, 6) is -0.327. The van der Waals surface area contributed by atoms with Gasteiger partial charge in [-0.1, -0.05) is 54.4 Å². The Kier molecular flexibility index (Phi) is 6.52. The minimum absolute atomic E-state index is 0.120. The molecule has 0 bridgehead atoms. The van der Waals surface area contributed by atoms with Crippen LogP contribution in [0.15, 0.2) is 36.4 Å². The molecule has 0 aliphatic carbocycles. The highest BCUT2D eigenvalue weighted by Gasteiger charge is 2.17. The molecule has 0 heterocycles. The van der Waals surface area contributed by atoms with Crippen molar-refractivity contribution in [3.05, 3.63) is 63.1 Å². The van der Waals surface area contributed by atoms with Crippen LogP contribution in [-0.2, 0) is 22.6 Å². The van der Waals surface area contributed by atoms with Crippen molar-refractivity contribution in [2.75, 3.05) is 5.32 Å². The summed E-state index contributed by atoms with van der Waals surface area (Å²) in [7, 11) is 0. The van der Waals surface area contributed by atoms with Gasteiger partial charge in [-0.25, -0.2) is 4.79 Å². The quantitative estimate of drug-likeness (QED) is 0.695. The van der Waals surface area contributed by atoms with Gasteiger partial charge >= 0.3 is 5.97 Å². The molecule has 0 saturated heterocycles. The van der Waals surface area contributed by atoms with Gasteiger partial charge in [0.25, 0.3) is 0 Å². The average Bonchev–Trinajstić information content (AvgIpc) is 2.55. The van der Waals surface area contributed by atoms with Crippen molar-refractivity contribution in [2.45, 2.75) is 39.8 Å². The molecule has 0 unspecified atom stereocenters. The second-order valence-electron chi connectivity index (χ2n) is 5.67. The van der Waals surface area contributed by atoms with E-state index < -0.39 is 6.04 Å². The molecular weight excluding hydrogens is 345 g/mol. The van der Waals surface area contributed by atoms with Gasteiger partial charge in [0, 0.05) is 21.3 Å². The Morgan fingerprint density at radius 1 is 1.21 bits per heavy atom. The molecule has 1 N–H and O–H groups in total. The third kappa shape index (κ3) is 4.65. The molecule has 128 valence electrons. The van der Waals surface area contributed by atoms with Crippen molar-refractivity contribution in [3.8, 4) is 0 Å². The molecular formula is C19H21Cl2NO2. The maximum atomic E-state index is 12.3. The van der Waals surface area contributed by atoms with Crippen molar-refractivity contribution in [1.82, 2.24) is 0 Å². The molecule has 24 heavy (non-hydrogen) atoms. The third-order valence-electron chi connectivity index (χ3n) is 3.84. The van der Waals surface area contributed by atoms with Crippen molar-refractivity contribution < 1.29 is 9.53 Å². The van der Waals surface area contributed by atoms with Crippen LogP contribution in [0, 0.1) is 6.92 Å². The summed E-state index contributed by atoms with van der Waals surface area (Å²) in [6, 6.07) is 10.8. The van der Waals surface area contributed by atoms with Crippen molar-refractivity contribution in [1.29, 1.82) is 0 Å². The number of esters is 1. The first-order valence-electron chi connectivity index (χ1n) is 7.88. The number of halogens is 2. The van der Waals surface area contributed by atoms with Gasteiger partial charge in [0.15, 0.2) is 0 Å². The summed E-state index contributed by atoms with van der Waals surface area (Å²) in [6.45, 7) is 6.02. The smallest absolute Gasteiger partial charge is 0.328 e. The van der Waals surface area contributed by atoms with Crippen LogP contribution in [0.2, 0.25) is 10.0 Å². The zero-order valence-electron chi connectivity index (χ0n) is 14.0. The van der Waals surface area contributed by atoms with Gasteiger partial charge in [-0.05, 0) is 43.5 Å². The number of nitrogens with one attached hydrogen (secondary N) is 1. The second-order valence-corrected chi connectivity index (χ2v) is 6.52. The van der Waals surface area contributed by atoms with Gasteiger partial charge < -0.3 is 10.1 Å². The lowest BCUT2D eigenvalue weighted by atomic mass is 10.1. The third-order valence-corrected chi connectivity index (χ3v) is 4.43. The highest BCUT2D eigenvalue weighted by atomic mass is 35.5. The minimum atomic E-state index is -0.456. The van der Waals surface area contributed by atoms with Gasteiger partial charge in [-0.15, -0.1) is 0 Å². The van der Waals surface area contributed by atoms with Gasteiger partial charge in [0.2, 0.25) is 0 Å². The average molecular weight is 366 g/mol. The van der Waals surface area contributed by atoms with E-state index in [1.165, 1.54) is 5.56 Å². The molecule has 0 amide bonds. The fourth-order valence-electron chi connectivity index (χ4n) is 2.42. The minimum Gasteiger partial charge on any atom is -0.459 e. The van der Waals surface area contributed by atoms with E-state index in [4.69, 9.17) is 27.9 Å². The summed E-state index contributed by atoms with van der Waals surface area (Å²) >= 11 is 12.0. The maximum absolute atomic E-state index is 12.3. The maximum Gasteiger partial charge on any atom is 0.328 e. The van der Waals surface area contributed by atoms with Gasteiger partial charge in [-0.3, -0.25) is 0 Å². The number of hydrogen-bond acceptors (Lipinski definition) is 3. The number of anilines is 1. The molecule has 3 nitrogen and oxygen atoms in total. The molecule has 0 spiro atoms. The van der Waals surface area contributed by atoms with E-state index in [1.807, 2.05) is 19.1 Å². The lowest BCUT2D eigenvalue weighted by Crippen LogP contribution is -2.29. The van der Waals surface area contributed by atoms with E-state index in [0.29, 0.717) is 10.0 Å². The van der Waals surface area contributed by atoms with Crippen LogP contribution in [0.4, 0.5) is 5.69 Å². The molecule has 1 atom stereocenters. The predicted octanol–water partition coefficient (Wildman–Crippen LogP) is 5.41. The Labute approximate surface area is 152 Å². The Hall–Kier alpha value is -1.71. The van der Waals surface area contributed by atoms with Crippen LogP contribution in [0.25, 0.3) is 0 Å². The number of ether oxygens (including phenoxy) is 1. The number of para-hydroxylation sites is 1. The number of benzene rings is 2. The van der Waals surface area contributed by atoms with Crippen LogP contribution in [0.1, 0.15) is 30.5 Å². The first-order chi connectivity index (χ1) is 11.4. The van der Waals surface area contributed by atoms with Gasteiger partial charge in [0.1, 0.15) is 12.6 Å². The topological polar surface area (TPSA) is 38.3 Å². The normalized spacial score (nSPS) is 11.9. The Morgan fingerprint density at radius 3 is 2.62 bits per heavy atom. The van der Waals surface area contributed by atoms with Gasteiger partial charge in [0.05, 0.1) is 0 Å². The van der Waals surface area contributed by atoms with E-state index in [2.05, 4.69) is 18.3 Å². The molecule has 0 fully saturated rings. The molecule has 0 radical (unpaired) electrons. The number of carbonyl (C=O) groups is 1. The van der Waals surface area contributed by atoms with Crippen molar-refractivity contribution in [2.24, 2.45) is 0 Å². The van der Waals surface area contributed by atoms with E-state index in [9.17, 15) is 4.79 Å². The van der Waals surface area contributed by atoms with Crippen LogP contribution in [0.5, 0.6) is 0 Å². The summed E-state index contributed by atoms with van der Waals surface area (Å²) in [5, 5.41) is 4.30. The van der Waals surface area contributed by atoms with Crippen LogP contribution < -0.4 is 5.32 Å². The zero-order valence-corrected chi connectivity index (χ0v) is 15.5. The van der Waals surface area contributed by atoms with E-state index in [1.54, 1.807) is 25.1 Å². The molecule has 2 rings (SSSR count). The first-order valence-corrected chi connectivity index (χ1v) is 8.63. The monoisotopic (exact) mass is 365 g/mol. The first kappa shape index (κ1) is 18.6. The highest BCUT2D eigenvalue weighted by Crippen LogP contribution is 2.23. The molecule has 2 aromatic rings. The molecule has 0 aromatic heterocycles. The molecule has 5 heteroatoms. The molecule has 0 saturated carbocycles. The number of rotatable bonds is 6. The SMILES string of the molecule is CCc1cccc(C)c1N[C@@H](C)C(=O)OCc1ccc(Cl)cc1Cl. The van der Waals surface area contributed by atoms with Crippen molar-refractivity contribution in [3.63, 3.8) is 0 Å². The summed E-state index contributed by atoms with van der Waals surface area (Å²) in [5.41, 5.74) is 4.01. The van der Waals surface area contributed by atoms with E-state index in [-0.39, 0.29) is 12.6 Å².